The highest BCUT2D eigenvalue weighted by atomic mass is 79.9. The minimum atomic E-state index is -0.312. The third kappa shape index (κ3) is 3.53. The van der Waals surface area contributed by atoms with Crippen LogP contribution in [0.4, 0.5) is 0 Å². The first-order valence-electron chi connectivity index (χ1n) is 7.27. The van der Waals surface area contributed by atoms with Crippen LogP contribution in [0.25, 0.3) is 10.9 Å². The minimum Gasteiger partial charge on any atom is -0.267 e. The number of rotatable bonds is 2. The van der Waals surface area contributed by atoms with Crippen LogP contribution in [0.3, 0.4) is 0 Å². The summed E-state index contributed by atoms with van der Waals surface area (Å²) in [5.41, 5.74) is 0.199. The maximum Gasteiger partial charge on any atom is 0.282 e. The standard InChI is InChI=1S/C17H15Br2N3OS/c1-17(2,3)16-21-14-5-4-10(18)7-13(14)15(23)22(16)20-8-12-6-11(19)9-24-12/h4-9H,1-3H3. The zero-order chi connectivity index (χ0) is 17.5. The Morgan fingerprint density at radius 3 is 2.58 bits per heavy atom. The molecular formula is C17H15Br2N3OS. The second kappa shape index (κ2) is 6.54. The van der Waals surface area contributed by atoms with Crippen molar-refractivity contribution in [3.8, 4) is 0 Å². The van der Waals surface area contributed by atoms with Gasteiger partial charge >= 0.3 is 0 Å². The molecule has 2 heterocycles. The summed E-state index contributed by atoms with van der Waals surface area (Å²) in [6.45, 7) is 6.06. The lowest BCUT2D eigenvalue weighted by molar-refractivity contribution is 0.506. The maximum absolute atomic E-state index is 13.0. The van der Waals surface area contributed by atoms with Gasteiger partial charge in [-0.1, -0.05) is 36.7 Å². The van der Waals surface area contributed by atoms with E-state index in [2.05, 4.69) is 41.9 Å². The van der Waals surface area contributed by atoms with Crippen LogP contribution in [0.15, 0.2) is 48.5 Å². The first-order chi connectivity index (χ1) is 11.3. The van der Waals surface area contributed by atoms with Crippen LogP contribution >= 0.6 is 43.2 Å². The molecule has 0 atom stereocenters. The molecule has 0 unspecified atom stereocenters. The van der Waals surface area contributed by atoms with Gasteiger partial charge in [0.05, 0.1) is 17.1 Å². The van der Waals surface area contributed by atoms with Crippen molar-refractivity contribution in [2.45, 2.75) is 26.2 Å². The number of nitrogens with zero attached hydrogens (tertiary/aromatic N) is 3. The normalized spacial score (nSPS) is 12.4. The van der Waals surface area contributed by atoms with Gasteiger partial charge in [0.2, 0.25) is 0 Å². The molecule has 0 fully saturated rings. The molecule has 0 aliphatic carbocycles. The molecule has 0 aliphatic rings. The second-order valence-electron chi connectivity index (χ2n) is 6.38. The molecule has 24 heavy (non-hydrogen) atoms. The van der Waals surface area contributed by atoms with Crippen molar-refractivity contribution in [2.75, 3.05) is 0 Å². The van der Waals surface area contributed by atoms with Crippen molar-refractivity contribution >= 4 is 60.3 Å². The van der Waals surface area contributed by atoms with Gasteiger partial charge in [-0.15, -0.1) is 11.3 Å². The van der Waals surface area contributed by atoms with Gasteiger partial charge in [0.1, 0.15) is 5.82 Å². The molecule has 0 amide bonds. The number of hydrogen-bond acceptors (Lipinski definition) is 4. The Bertz CT molecular complexity index is 999. The fraction of sp³-hybridized carbons (Fsp3) is 0.235. The molecule has 3 aromatic rings. The lowest BCUT2D eigenvalue weighted by atomic mass is 9.95. The number of benzene rings is 1. The van der Waals surface area contributed by atoms with Gasteiger partial charge < -0.3 is 0 Å². The van der Waals surface area contributed by atoms with E-state index in [1.54, 1.807) is 23.6 Å². The molecule has 3 rings (SSSR count). The molecule has 0 bridgehead atoms. The van der Waals surface area contributed by atoms with E-state index in [-0.39, 0.29) is 11.0 Å². The fourth-order valence-electron chi connectivity index (χ4n) is 2.25. The zero-order valence-electron chi connectivity index (χ0n) is 13.4. The van der Waals surface area contributed by atoms with Crippen LogP contribution < -0.4 is 5.56 Å². The quantitative estimate of drug-likeness (QED) is 0.487. The first kappa shape index (κ1) is 17.5. The Morgan fingerprint density at radius 2 is 1.96 bits per heavy atom. The summed E-state index contributed by atoms with van der Waals surface area (Å²) < 4.78 is 3.25. The van der Waals surface area contributed by atoms with Gasteiger partial charge in [-0.3, -0.25) is 4.79 Å². The van der Waals surface area contributed by atoms with Crippen LogP contribution in [0.5, 0.6) is 0 Å². The van der Waals surface area contributed by atoms with E-state index in [1.807, 2.05) is 44.4 Å². The molecule has 0 radical (unpaired) electrons. The SMILES string of the molecule is CC(C)(C)c1nc2ccc(Br)cc2c(=O)n1N=Cc1cc(Br)cs1. The van der Waals surface area contributed by atoms with Gasteiger partial charge in [-0.25, -0.2) is 4.98 Å². The Labute approximate surface area is 160 Å². The number of hydrogen-bond donors (Lipinski definition) is 0. The Hall–Kier alpha value is -1.31. The zero-order valence-corrected chi connectivity index (χ0v) is 17.4. The average molecular weight is 469 g/mol. The van der Waals surface area contributed by atoms with E-state index in [4.69, 9.17) is 0 Å². The minimum absolute atomic E-state index is 0.168. The number of thiophene rings is 1. The maximum atomic E-state index is 13.0. The molecule has 0 N–H and O–H groups in total. The Morgan fingerprint density at radius 1 is 1.21 bits per heavy atom. The van der Waals surface area contributed by atoms with Crippen LogP contribution in [0.1, 0.15) is 31.5 Å². The summed E-state index contributed by atoms with van der Waals surface area (Å²) in [5.74, 6) is 0.634. The monoisotopic (exact) mass is 467 g/mol. The van der Waals surface area contributed by atoms with Gasteiger partial charge in [-0.2, -0.15) is 9.78 Å². The molecule has 7 heteroatoms. The van der Waals surface area contributed by atoms with Crippen LogP contribution in [-0.4, -0.2) is 15.9 Å². The van der Waals surface area contributed by atoms with Crippen LogP contribution in [0, 0.1) is 0 Å². The fourth-order valence-corrected chi connectivity index (χ4v) is 3.91. The van der Waals surface area contributed by atoms with E-state index in [0.29, 0.717) is 16.7 Å². The molecule has 124 valence electrons. The van der Waals surface area contributed by atoms with E-state index in [1.165, 1.54) is 4.68 Å². The van der Waals surface area contributed by atoms with Crippen molar-refractivity contribution in [1.29, 1.82) is 0 Å². The highest BCUT2D eigenvalue weighted by Crippen LogP contribution is 2.23. The number of halogens is 2. The van der Waals surface area contributed by atoms with E-state index >= 15 is 0 Å². The van der Waals surface area contributed by atoms with E-state index in [9.17, 15) is 4.79 Å². The van der Waals surface area contributed by atoms with Crippen LogP contribution in [-0.2, 0) is 5.41 Å². The molecule has 4 nitrogen and oxygen atoms in total. The Kier molecular flexibility index (Phi) is 4.77. The summed E-state index contributed by atoms with van der Waals surface area (Å²) in [6.07, 6.45) is 1.69. The summed E-state index contributed by atoms with van der Waals surface area (Å²) in [7, 11) is 0. The summed E-state index contributed by atoms with van der Waals surface area (Å²) in [5, 5.41) is 6.95. The molecule has 0 aliphatic heterocycles. The summed E-state index contributed by atoms with van der Waals surface area (Å²) in [6, 6.07) is 7.48. The summed E-state index contributed by atoms with van der Waals surface area (Å²) in [4.78, 5) is 18.6. The smallest absolute Gasteiger partial charge is 0.267 e. The molecule has 1 aromatic carbocycles. The van der Waals surface area contributed by atoms with Crippen molar-refractivity contribution in [3.05, 3.63) is 59.6 Å². The van der Waals surface area contributed by atoms with Crippen molar-refractivity contribution in [2.24, 2.45) is 5.10 Å². The molecular weight excluding hydrogens is 454 g/mol. The number of fused-ring (bicyclic) bond motifs is 1. The predicted molar refractivity (Wildman–Crippen MR) is 107 cm³/mol. The van der Waals surface area contributed by atoms with E-state index < -0.39 is 0 Å². The van der Waals surface area contributed by atoms with E-state index in [0.717, 1.165) is 13.8 Å². The molecule has 0 spiro atoms. The largest absolute Gasteiger partial charge is 0.282 e. The molecule has 2 aromatic heterocycles. The first-order valence-corrected chi connectivity index (χ1v) is 9.73. The lowest BCUT2D eigenvalue weighted by Crippen LogP contribution is -2.29. The topological polar surface area (TPSA) is 47.2 Å². The highest BCUT2D eigenvalue weighted by molar-refractivity contribution is 9.10. The third-order valence-electron chi connectivity index (χ3n) is 3.37. The van der Waals surface area contributed by atoms with Gasteiger partial charge in [0, 0.05) is 24.6 Å². The van der Waals surface area contributed by atoms with Gasteiger partial charge in [0.15, 0.2) is 0 Å². The van der Waals surface area contributed by atoms with Gasteiger partial charge in [0.25, 0.3) is 5.56 Å². The molecule has 0 saturated carbocycles. The third-order valence-corrected chi connectivity index (χ3v) is 5.49. The second-order valence-corrected chi connectivity index (χ2v) is 9.15. The van der Waals surface area contributed by atoms with Crippen molar-refractivity contribution < 1.29 is 0 Å². The lowest BCUT2D eigenvalue weighted by Gasteiger charge is -2.20. The average Bonchev–Trinajstić information content (AvgIpc) is 2.91. The Balaban J connectivity index is 2.25. The number of aromatic nitrogens is 2. The predicted octanol–water partition coefficient (Wildman–Crippen LogP) is 5.16. The highest BCUT2D eigenvalue weighted by Gasteiger charge is 2.22. The van der Waals surface area contributed by atoms with Crippen molar-refractivity contribution in [1.82, 2.24) is 9.66 Å². The summed E-state index contributed by atoms with van der Waals surface area (Å²) >= 11 is 8.39. The van der Waals surface area contributed by atoms with Crippen molar-refractivity contribution in [3.63, 3.8) is 0 Å². The van der Waals surface area contributed by atoms with Gasteiger partial charge in [-0.05, 0) is 40.2 Å². The molecule has 0 saturated heterocycles. The van der Waals surface area contributed by atoms with Crippen LogP contribution in [0.2, 0.25) is 0 Å².